The minimum atomic E-state index is -0.534. The van der Waals surface area contributed by atoms with Crippen molar-refractivity contribution in [2.75, 3.05) is 25.0 Å². The van der Waals surface area contributed by atoms with Crippen LogP contribution in [0.25, 0.3) is 0 Å². The van der Waals surface area contributed by atoms with Crippen LogP contribution < -0.4 is 10.6 Å². The molecule has 0 spiro atoms. The Morgan fingerprint density at radius 3 is 2.68 bits per heavy atom. The van der Waals surface area contributed by atoms with Gasteiger partial charge >= 0.3 is 0 Å². The van der Waals surface area contributed by atoms with Crippen LogP contribution in [0.2, 0.25) is 0 Å². The number of nitrogens with zero attached hydrogens (tertiary/aromatic N) is 3. The summed E-state index contributed by atoms with van der Waals surface area (Å²) in [5.74, 6) is -0.600. The number of amides is 1. The van der Waals surface area contributed by atoms with Crippen LogP contribution in [0, 0.1) is 11.6 Å². The molecule has 1 saturated heterocycles. The van der Waals surface area contributed by atoms with Gasteiger partial charge in [-0.2, -0.15) is 0 Å². The summed E-state index contributed by atoms with van der Waals surface area (Å²) in [6.07, 6.45) is 10.9. The van der Waals surface area contributed by atoms with Crippen molar-refractivity contribution in [3.05, 3.63) is 47.4 Å². The molecule has 2 fully saturated rings. The summed E-state index contributed by atoms with van der Waals surface area (Å²) in [4.78, 5) is 20.3. The largest absolute Gasteiger partial charge is 0.373 e. The van der Waals surface area contributed by atoms with Gasteiger partial charge in [-0.3, -0.25) is 9.69 Å². The number of hydrogen-bond donors (Lipinski definition) is 2. The summed E-state index contributed by atoms with van der Waals surface area (Å²) in [7, 11) is 0. The Morgan fingerprint density at radius 1 is 1.24 bits per heavy atom. The summed E-state index contributed by atoms with van der Waals surface area (Å²) >= 11 is 0. The number of rotatable bonds is 9. The number of aryl methyl sites for hydroxylation is 1. The number of benzene rings is 1. The smallest absolute Gasteiger partial charge is 0.242 e. The molecule has 208 valence electrons. The molecule has 1 amide bonds. The lowest BCUT2D eigenvalue weighted by molar-refractivity contribution is -0.118. The first-order chi connectivity index (χ1) is 18.2. The zero-order valence-corrected chi connectivity index (χ0v) is 22.8. The molecular formula is C29H41F2N5O2. The maximum Gasteiger partial charge on any atom is 0.242 e. The number of anilines is 1. The van der Waals surface area contributed by atoms with Crippen LogP contribution >= 0.6 is 0 Å². The van der Waals surface area contributed by atoms with Gasteiger partial charge in [-0.05, 0) is 76.0 Å². The number of hydrogen-bond acceptors (Lipinski definition) is 5. The monoisotopic (exact) mass is 529 g/mol. The van der Waals surface area contributed by atoms with Crippen molar-refractivity contribution in [2.24, 2.45) is 0 Å². The van der Waals surface area contributed by atoms with E-state index in [2.05, 4.69) is 38.9 Å². The van der Waals surface area contributed by atoms with Crippen molar-refractivity contribution in [2.45, 2.75) is 102 Å². The number of carbonyl (C=O) groups is 1. The van der Waals surface area contributed by atoms with E-state index in [1.165, 1.54) is 12.5 Å². The first-order valence-corrected chi connectivity index (χ1v) is 14.2. The van der Waals surface area contributed by atoms with Gasteiger partial charge < -0.3 is 19.9 Å². The molecule has 4 atom stereocenters. The number of carbonyl (C=O) groups excluding carboxylic acids is 1. The van der Waals surface area contributed by atoms with Gasteiger partial charge in [0.1, 0.15) is 11.6 Å². The molecule has 1 aromatic heterocycles. The molecule has 0 bridgehead atoms. The van der Waals surface area contributed by atoms with Gasteiger partial charge in [-0.1, -0.05) is 13.3 Å². The van der Waals surface area contributed by atoms with Crippen molar-refractivity contribution in [3.63, 3.8) is 0 Å². The van der Waals surface area contributed by atoms with E-state index < -0.39 is 17.7 Å². The Labute approximate surface area is 224 Å². The fourth-order valence-corrected chi connectivity index (χ4v) is 6.56. The molecule has 1 aromatic carbocycles. The molecule has 5 rings (SSSR count). The zero-order valence-electron chi connectivity index (χ0n) is 22.8. The lowest BCUT2D eigenvalue weighted by Crippen LogP contribution is -2.55. The molecule has 2 heterocycles. The van der Waals surface area contributed by atoms with E-state index in [4.69, 9.17) is 4.74 Å². The lowest BCUT2D eigenvalue weighted by atomic mass is 9.76. The maximum absolute atomic E-state index is 14.4. The lowest BCUT2D eigenvalue weighted by Gasteiger charge is -2.48. The molecule has 7 nitrogen and oxygen atoms in total. The van der Waals surface area contributed by atoms with E-state index in [-0.39, 0.29) is 29.7 Å². The number of ether oxygens (including phenoxy) is 1. The van der Waals surface area contributed by atoms with Crippen molar-refractivity contribution in [1.29, 1.82) is 0 Å². The molecule has 1 saturated carbocycles. The number of morpholine rings is 1. The normalized spacial score (nSPS) is 25.9. The quantitative estimate of drug-likeness (QED) is 0.504. The van der Waals surface area contributed by atoms with Crippen LogP contribution in [0.1, 0.15) is 70.4 Å². The van der Waals surface area contributed by atoms with Crippen LogP contribution in [0.5, 0.6) is 0 Å². The topological polar surface area (TPSA) is 71.4 Å². The number of aromatic nitrogens is 2. The van der Waals surface area contributed by atoms with Gasteiger partial charge in [0.25, 0.3) is 0 Å². The molecule has 38 heavy (non-hydrogen) atoms. The zero-order chi connectivity index (χ0) is 26.9. The first-order valence-electron chi connectivity index (χ1n) is 14.2. The third kappa shape index (κ3) is 5.95. The van der Waals surface area contributed by atoms with E-state index in [1.807, 2.05) is 19.4 Å². The highest BCUT2D eigenvalue weighted by Gasteiger charge is 2.41. The first kappa shape index (κ1) is 27.2. The molecule has 1 unspecified atom stereocenters. The second-order valence-electron chi connectivity index (χ2n) is 11.7. The molecule has 2 N–H and O–H groups in total. The summed E-state index contributed by atoms with van der Waals surface area (Å²) in [5.41, 5.74) is 1.29. The summed E-state index contributed by atoms with van der Waals surface area (Å²) < 4.78 is 36.1. The molecule has 1 aliphatic heterocycles. The van der Waals surface area contributed by atoms with Crippen LogP contribution in [0.15, 0.2) is 24.7 Å². The van der Waals surface area contributed by atoms with E-state index in [0.717, 1.165) is 56.9 Å². The molecule has 2 aliphatic carbocycles. The summed E-state index contributed by atoms with van der Waals surface area (Å²) in [6, 6.07) is 1.92. The molecule has 0 radical (unpaired) electrons. The van der Waals surface area contributed by atoms with E-state index in [0.29, 0.717) is 30.6 Å². The van der Waals surface area contributed by atoms with Crippen LogP contribution in [0.3, 0.4) is 0 Å². The molecule has 9 heteroatoms. The minimum Gasteiger partial charge on any atom is -0.373 e. The van der Waals surface area contributed by atoms with Crippen LogP contribution in [-0.2, 0) is 27.9 Å². The number of fused-ring (bicyclic) bond motifs is 1. The average Bonchev–Trinajstić information content (AvgIpc) is 3.29. The minimum absolute atomic E-state index is 0.00681. The third-order valence-electron chi connectivity index (χ3n) is 8.48. The number of halogens is 2. The average molecular weight is 530 g/mol. The van der Waals surface area contributed by atoms with Gasteiger partial charge in [0.05, 0.1) is 30.1 Å². The number of imidazole rings is 1. The van der Waals surface area contributed by atoms with Crippen molar-refractivity contribution in [3.8, 4) is 0 Å². The number of nitrogens with one attached hydrogen (secondary N) is 2. The fraction of sp³-hybridized carbons (Fsp3) is 0.655. The van der Waals surface area contributed by atoms with Crippen LogP contribution in [-0.4, -0.2) is 64.3 Å². The third-order valence-corrected chi connectivity index (χ3v) is 8.48. The SMILES string of the molecule is CCC[C@H](NC1CCc2cc(F)cc(F)c2C1)C(=O)Nc1cn(C2(CN3C[C@@H](C)O[C@@H](C)C3)CCC2)cn1. The summed E-state index contributed by atoms with van der Waals surface area (Å²) in [5, 5.41) is 6.48. The molecule has 3 aliphatic rings. The van der Waals surface area contributed by atoms with Crippen molar-refractivity contribution < 1.29 is 18.3 Å². The standard InChI is InChI=1S/C29H41F2N5O2/c1-4-6-26(33-23-8-7-21-11-22(30)12-25(31)24(21)13-23)28(37)34-27-16-36(18-32-27)29(9-5-10-29)17-35-14-19(2)38-20(3)15-35/h11-12,16,18-20,23,26,33H,4-10,13-15,17H2,1-3H3,(H,34,37)/t19-,20+,23?,26-/m0/s1. The van der Waals surface area contributed by atoms with E-state index in [9.17, 15) is 13.6 Å². The second kappa shape index (κ2) is 11.4. The Morgan fingerprint density at radius 2 is 2.00 bits per heavy atom. The summed E-state index contributed by atoms with van der Waals surface area (Å²) in [6.45, 7) is 9.12. The Kier molecular flexibility index (Phi) is 8.16. The highest BCUT2D eigenvalue weighted by Crippen LogP contribution is 2.41. The Hall–Kier alpha value is -2.36. The predicted molar refractivity (Wildman–Crippen MR) is 143 cm³/mol. The second-order valence-corrected chi connectivity index (χ2v) is 11.7. The van der Waals surface area contributed by atoms with E-state index >= 15 is 0 Å². The van der Waals surface area contributed by atoms with Crippen molar-refractivity contribution in [1.82, 2.24) is 19.8 Å². The van der Waals surface area contributed by atoms with Gasteiger partial charge in [0.15, 0.2) is 5.82 Å². The van der Waals surface area contributed by atoms with Gasteiger partial charge in [-0.15, -0.1) is 0 Å². The van der Waals surface area contributed by atoms with Gasteiger partial charge in [0, 0.05) is 37.9 Å². The van der Waals surface area contributed by atoms with Crippen LogP contribution in [0.4, 0.5) is 14.6 Å². The fourth-order valence-electron chi connectivity index (χ4n) is 6.56. The Bertz CT molecular complexity index is 1120. The molecule has 2 aromatic rings. The highest BCUT2D eigenvalue weighted by atomic mass is 19.1. The maximum atomic E-state index is 14.4. The predicted octanol–water partition coefficient (Wildman–Crippen LogP) is 4.40. The molecular weight excluding hydrogens is 488 g/mol. The Balaban J connectivity index is 1.22. The van der Waals surface area contributed by atoms with Gasteiger partial charge in [0.2, 0.25) is 5.91 Å². The van der Waals surface area contributed by atoms with Gasteiger partial charge in [-0.25, -0.2) is 13.8 Å². The van der Waals surface area contributed by atoms with Crippen molar-refractivity contribution >= 4 is 11.7 Å². The highest BCUT2D eigenvalue weighted by molar-refractivity contribution is 5.94. The van der Waals surface area contributed by atoms with E-state index in [1.54, 1.807) is 0 Å².